The number of hydrogen-bond donors (Lipinski definition) is 2. The maximum atomic E-state index is 12.5. The van der Waals surface area contributed by atoms with Gasteiger partial charge in [0, 0.05) is 11.1 Å². The highest BCUT2D eigenvalue weighted by molar-refractivity contribution is 7.15. The van der Waals surface area contributed by atoms with E-state index in [2.05, 4.69) is 29.5 Å². The lowest BCUT2D eigenvalue weighted by Gasteiger charge is -2.23. The fourth-order valence-electron chi connectivity index (χ4n) is 1.96. The van der Waals surface area contributed by atoms with Gasteiger partial charge in [-0.15, -0.1) is 11.3 Å². The Labute approximate surface area is 148 Å². The molecular weight excluding hydrogens is 326 g/mol. The second-order valence-electron chi connectivity index (χ2n) is 7.54. The summed E-state index contributed by atoms with van der Waals surface area (Å²) in [6.07, 6.45) is 1.70. The quantitative estimate of drug-likeness (QED) is 0.803. The molecule has 0 saturated heterocycles. The van der Waals surface area contributed by atoms with E-state index in [-0.39, 0.29) is 11.8 Å². The molecule has 2 N–H and O–H groups in total. The van der Waals surface area contributed by atoms with Crippen molar-refractivity contribution < 1.29 is 14.3 Å². The number of aromatic nitrogens is 1. The molecule has 0 aliphatic carbocycles. The minimum Gasteiger partial charge on any atom is -0.444 e. The highest BCUT2D eigenvalue weighted by atomic mass is 32.1. The zero-order valence-corrected chi connectivity index (χ0v) is 16.4. The number of nitrogens with zero attached hydrogens (tertiary/aromatic N) is 1. The standard InChI is InChI=1S/C17H29N3O3S/c1-10(2)8-12(19-16(22)23-17(5,6)7)14(21)20-15-18-9-13(24-15)11(3)4/h9-12H,8H2,1-7H3,(H,19,22)(H,18,20,21)/t12-/m0/s1. The number of carbonyl (C=O) groups is 2. The summed E-state index contributed by atoms with van der Waals surface area (Å²) in [5.41, 5.74) is -0.607. The highest BCUT2D eigenvalue weighted by Crippen LogP contribution is 2.25. The van der Waals surface area contributed by atoms with Crippen molar-refractivity contribution in [2.45, 2.75) is 72.4 Å². The molecule has 6 nitrogen and oxygen atoms in total. The van der Waals surface area contributed by atoms with Gasteiger partial charge in [-0.05, 0) is 39.0 Å². The van der Waals surface area contributed by atoms with Gasteiger partial charge >= 0.3 is 6.09 Å². The third-order valence-electron chi connectivity index (χ3n) is 3.04. The minimum atomic E-state index is -0.661. The normalized spacial score (nSPS) is 13.0. The molecule has 1 aromatic rings. The van der Waals surface area contributed by atoms with Gasteiger partial charge < -0.3 is 15.4 Å². The van der Waals surface area contributed by atoms with Gasteiger partial charge in [-0.3, -0.25) is 4.79 Å². The van der Waals surface area contributed by atoms with Crippen LogP contribution in [0.2, 0.25) is 0 Å². The Morgan fingerprint density at radius 3 is 2.33 bits per heavy atom. The number of ether oxygens (including phenoxy) is 1. The maximum Gasteiger partial charge on any atom is 0.408 e. The van der Waals surface area contributed by atoms with Gasteiger partial charge in [-0.1, -0.05) is 27.7 Å². The van der Waals surface area contributed by atoms with E-state index in [1.807, 2.05) is 13.8 Å². The fourth-order valence-corrected chi connectivity index (χ4v) is 2.78. The molecule has 7 heteroatoms. The first-order valence-electron chi connectivity index (χ1n) is 8.24. The Morgan fingerprint density at radius 2 is 1.88 bits per heavy atom. The van der Waals surface area contributed by atoms with Crippen molar-refractivity contribution in [3.05, 3.63) is 11.1 Å². The molecule has 1 heterocycles. The van der Waals surface area contributed by atoms with Crippen LogP contribution in [0.25, 0.3) is 0 Å². The van der Waals surface area contributed by atoms with Crippen LogP contribution in [0.5, 0.6) is 0 Å². The van der Waals surface area contributed by atoms with Crippen molar-refractivity contribution >= 4 is 28.5 Å². The van der Waals surface area contributed by atoms with E-state index in [4.69, 9.17) is 4.74 Å². The number of nitrogens with one attached hydrogen (secondary N) is 2. The van der Waals surface area contributed by atoms with E-state index in [1.54, 1.807) is 27.0 Å². The lowest BCUT2D eigenvalue weighted by Crippen LogP contribution is -2.46. The van der Waals surface area contributed by atoms with Gasteiger partial charge in [0.05, 0.1) is 0 Å². The van der Waals surface area contributed by atoms with Crippen molar-refractivity contribution in [1.82, 2.24) is 10.3 Å². The number of hydrogen-bond acceptors (Lipinski definition) is 5. The molecule has 1 atom stereocenters. The predicted molar refractivity (Wildman–Crippen MR) is 97.4 cm³/mol. The zero-order chi connectivity index (χ0) is 18.5. The first kappa shape index (κ1) is 20.4. The monoisotopic (exact) mass is 355 g/mol. The van der Waals surface area contributed by atoms with Crippen molar-refractivity contribution in [2.75, 3.05) is 5.32 Å². The first-order chi connectivity index (χ1) is 11.0. The van der Waals surface area contributed by atoms with Crippen molar-refractivity contribution in [3.63, 3.8) is 0 Å². The number of carbonyl (C=O) groups excluding carboxylic acids is 2. The molecule has 0 aromatic carbocycles. The number of rotatable bonds is 6. The molecule has 0 bridgehead atoms. The molecule has 0 aliphatic rings. The van der Waals surface area contributed by atoms with E-state index in [1.165, 1.54) is 11.3 Å². The largest absolute Gasteiger partial charge is 0.444 e. The van der Waals surface area contributed by atoms with Crippen molar-refractivity contribution in [2.24, 2.45) is 5.92 Å². The van der Waals surface area contributed by atoms with Crippen LogP contribution in [0.4, 0.5) is 9.93 Å². The van der Waals surface area contributed by atoms with E-state index in [9.17, 15) is 9.59 Å². The van der Waals surface area contributed by atoms with Gasteiger partial charge in [0.2, 0.25) is 5.91 Å². The van der Waals surface area contributed by atoms with Crippen LogP contribution in [-0.4, -0.2) is 28.6 Å². The van der Waals surface area contributed by atoms with E-state index >= 15 is 0 Å². The Balaban J connectivity index is 2.75. The molecule has 1 aromatic heterocycles. The molecule has 1 rings (SSSR count). The van der Waals surface area contributed by atoms with Crippen LogP contribution in [0, 0.1) is 5.92 Å². The van der Waals surface area contributed by atoms with Gasteiger partial charge in [-0.25, -0.2) is 9.78 Å². The third kappa shape index (κ3) is 7.29. The van der Waals surface area contributed by atoms with Crippen LogP contribution < -0.4 is 10.6 Å². The summed E-state index contributed by atoms with van der Waals surface area (Å²) in [4.78, 5) is 29.8. The van der Waals surface area contributed by atoms with Crippen LogP contribution >= 0.6 is 11.3 Å². The topological polar surface area (TPSA) is 80.3 Å². The Morgan fingerprint density at radius 1 is 1.25 bits per heavy atom. The maximum absolute atomic E-state index is 12.5. The predicted octanol–water partition coefficient (Wildman–Crippen LogP) is 4.14. The zero-order valence-electron chi connectivity index (χ0n) is 15.6. The molecule has 2 amide bonds. The summed E-state index contributed by atoms with van der Waals surface area (Å²) in [7, 11) is 0. The van der Waals surface area contributed by atoms with E-state index in [0.29, 0.717) is 17.5 Å². The van der Waals surface area contributed by atoms with Gasteiger partial charge in [-0.2, -0.15) is 0 Å². The summed E-state index contributed by atoms with van der Waals surface area (Å²) in [6, 6.07) is -0.661. The third-order valence-corrected chi connectivity index (χ3v) is 4.25. The van der Waals surface area contributed by atoms with Gasteiger partial charge in [0.1, 0.15) is 11.6 Å². The minimum absolute atomic E-state index is 0.248. The smallest absolute Gasteiger partial charge is 0.408 e. The van der Waals surface area contributed by atoms with Crippen molar-refractivity contribution in [1.29, 1.82) is 0 Å². The van der Waals surface area contributed by atoms with Crippen LogP contribution in [0.3, 0.4) is 0 Å². The lowest BCUT2D eigenvalue weighted by atomic mass is 10.0. The Hall–Kier alpha value is -1.63. The van der Waals surface area contributed by atoms with Crippen LogP contribution in [-0.2, 0) is 9.53 Å². The van der Waals surface area contributed by atoms with Gasteiger partial charge in [0.25, 0.3) is 0 Å². The molecule has 0 radical (unpaired) electrons. The Kier molecular flexibility index (Phi) is 7.20. The fraction of sp³-hybridized carbons (Fsp3) is 0.706. The number of anilines is 1. The summed E-state index contributed by atoms with van der Waals surface area (Å²) in [6.45, 7) is 13.5. The lowest BCUT2D eigenvalue weighted by molar-refractivity contribution is -0.118. The molecular formula is C17H29N3O3S. The molecule has 0 fully saturated rings. The molecule has 24 heavy (non-hydrogen) atoms. The number of amides is 2. The molecule has 0 unspecified atom stereocenters. The first-order valence-corrected chi connectivity index (χ1v) is 9.05. The Bertz CT molecular complexity index is 562. The summed E-state index contributed by atoms with van der Waals surface area (Å²) in [5.74, 6) is 0.330. The van der Waals surface area contributed by atoms with Crippen LogP contribution in [0.1, 0.15) is 65.7 Å². The SMILES string of the molecule is CC(C)C[C@H](NC(=O)OC(C)(C)C)C(=O)Nc1ncc(C(C)C)s1. The second-order valence-corrected chi connectivity index (χ2v) is 8.60. The highest BCUT2D eigenvalue weighted by Gasteiger charge is 2.25. The summed E-state index contributed by atoms with van der Waals surface area (Å²) < 4.78 is 5.24. The summed E-state index contributed by atoms with van der Waals surface area (Å²) >= 11 is 1.45. The number of thiazole rings is 1. The average Bonchev–Trinajstić information content (AvgIpc) is 2.83. The van der Waals surface area contributed by atoms with Crippen molar-refractivity contribution in [3.8, 4) is 0 Å². The van der Waals surface area contributed by atoms with E-state index in [0.717, 1.165) is 4.88 Å². The van der Waals surface area contributed by atoms with E-state index < -0.39 is 17.7 Å². The molecule has 0 spiro atoms. The molecule has 0 saturated carbocycles. The second kappa shape index (κ2) is 8.46. The van der Waals surface area contributed by atoms with Gasteiger partial charge in [0.15, 0.2) is 5.13 Å². The molecule has 136 valence electrons. The average molecular weight is 356 g/mol. The molecule has 0 aliphatic heterocycles. The van der Waals surface area contributed by atoms with Crippen LogP contribution in [0.15, 0.2) is 6.20 Å². The number of alkyl carbamates (subject to hydrolysis) is 1. The summed E-state index contributed by atoms with van der Waals surface area (Å²) in [5, 5.41) is 5.99.